The molecule has 4 aliphatic carbocycles. The summed E-state index contributed by atoms with van der Waals surface area (Å²) in [7, 11) is 0. The Morgan fingerprint density at radius 3 is 2.41 bits per heavy atom. The highest BCUT2D eigenvalue weighted by molar-refractivity contribution is 5.17. The maximum Gasteiger partial charge on any atom is 0.0543 e. The first kappa shape index (κ1) is 19.6. The fourth-order valence-electron chi connectivity index (χ4n) is 11.0. The first-order valence-corrected chi connectivity index (χ1v) is 13.3. The first-order chi connectivity index (χ1) is 13.8. The van der Waals surface area contributed by atoms with Crippen molar-refractivity contribution in [1.82, 2.24) is 4.90 Å². The summed E-state index contributed by atoms with van der Waals surface area (Å²) < 4.78 is 0. The van der Waals surface area contributed by atoms with Crippen LogP contribution in [0, 0.1) is 52.3 Å². The molecule has 12 atom stereocenters. The number of hydrogen-bond acceptors (Lipinski definition) is 2. The van der Waals surface area contributed by atoms with Gasteiger partial charge in [-0.1, -0.05) is 27.7 Å². The van der Waals surface area contributed by atoms with Gasteiger partial charge in [-0.3, -0.25) is 4.90 Å². The summed E-state index contributed by atoms with van der Waals surface area (Å²) in [5.74, 6) is 6.47. The second-order valence-electron chi connectivity index (χ2n) is 13.3. The van der Waals surface area contributed by atoms with Crippen molar-refractivity contribution in [3.63, 3.8) is 0 Å². The molecule has 164 valence electrons. The lowest BCUT2D eigenvalue weighted by atomic mass is 9.44. The Morgan fingerprint density at radius 1 is 0.793 bits per heavy atom. The van der Waals surface area contributed by atoms with Crippen LogP contribution in [-0.2, 0) is 0 Å². The molecule has 0 radical (unpaired) electrons. The minimum atomic E-state index is -0.0109. The van der Waals surface area contributed by atoms with Crippen molar-refractivity contribution < 1.29 is 5.11 Å². The maximum absolute atomic E-state index is 10.3. The minimum absolute atomic E-state index is 0.0109. The van der Waals surface area contributed by atoms with E-state index in [-0.39, 0.29) is 6.10 Å². The van der Waals surface area contributed by atoms with Crippen LogP contribution in [0.2, 0.25) is 0 Å². The van der Waals surface area contributed by atoms with Crippen LogP contribution in [0.15, 0.2) is 0 Å². The Morgan fingerprint density at radius 2 is 1.59 bits per heavy atom. The molecular formula is C27H45NO. The van der Waals surface area contributed by atoms with E-state index < -0.39 is 0 Å². The van der Waals surface area contributed by atoms with Crippen molar-refractivity contribution in [2.75, 3.05) is 6.54 Å². The number of rotatable bonds is 0. The monoisotopic (exact) mass is 399 g/mol. The molecule has 6 aliphatic rings. The Kier molecular flexibility index (Phi) is 4.37. The van der Waals surface area contributed by atoms with Crippen molar-refractivity contribution in [2.45, 2.75) is 110 Å². The van der Waals surface area contributed by atoms with Gasteiger partial charge in [0.1, 0.15) is 0 Å². The molecule has 2 nitrogen and oxygen atoms in total. The van der Waals surface area contributed by atoms with Gasteiger partial charge in [0.05, 0.1) is 6.10 Å². The highest BCUT2D eigenvalue weighted by Gasteiger charge is 2.66. The van der Waals surface area contributed by atoms with E-state index in [1.165, 1.54) is 57.9 Å². The largest absolute Gasteiger partial charge is 0.393 e. The zero-order valence-electron chi connectivity index (χ0n) is 19.4. The second kappa shape index (κ2) is 6.47. The lowest BCUT2D eigenvalue weighted by Gasteiger charge is -2.61. The lowest BCUT2D eigenvalue weighted by Crippen LogP contribution is -2.54. The molecule has 0 amide bonds. The molecule has 2 heteroatoms. The molecule has 0 aromatic rings. The van der Waals surface area contributed by atoms with Crippen molar-refractivity contribution in [1.29, 1.82) is 0 Å². The smallest absolute Gasteiger partial charge is 0.0543 e. The topological polar surface area (TPSA) is 23.5 Å². The van der Waals surface area contributed by atoms with E-state index in [9.17, 15) is 5.11 Å². The molecule has 4 saturated carbocycles. The highest BCUT2D eigenvalue weighted by atomic mass is 16.3. The number of aliphatic hydroxyl groups is 1. The van der Waals surface area contributed by atoms with Crippen LogP contribution in [-0.4, -0.2) is 34.7 Å². The van der Waals surface area contributed by atoms with Crippen LogP contribution in [0.25, 0.3) is 0 Å². The number of aliphatic hydroxyl groups excluding tert-OH is 1. The normalized spacial score (nSPS) is 62.0. The molecule has 0 aromatic heterocycles. The summed E-state index contributed by atoms with van der Waals surface area (Å²) in [4.78, 5) is 3.03. The zero-order valence-corrected chi connectivity index (χ0v) is 19.4. The van der Waals surface area contributed by atoms with Crippen LogP contribution < -0.4 is 0 Å². The molecule has 2 aliphatic heterocycles. The molecular weight excluding hydrogens is 354 g/mol. The summed E-state index contributed by atoms with van der Waals surface area (Å²) in [6, 6.07) is 1.79. The predicted molar refractivity (Wildman–Crippen MR) is 118 cm³/mol. The summed E-state index contributed by atoms with van der Waals surface area (Å²) in [5.41, 5.74) is 1.12. The highest BCUT2D eigenvalue weighted by Crippen LogP contribution is 2.70. The number of hydrogen-bond donors (Lipinski definition) is 1. The number of nitrogens with zero attached hydrogens (tertiary/aromatic N) is 1. The van der Waals surface area contributed by atoms with Gasteiger partial charge in [-0.05, 0) is 116 Å². The maximum atomic E-state index is 10.3. The van der Waals surface area contributed by atoms with Crippen LogP contribution in [0.1, 0.15) is 91.9 Å². The van der Waals surface area contributed by atoms with Crippen molar-refractivity contribution >= 4 is 0 Å². The standard InChI is InChI=1S/C27H45NO/c1-16-5-8-23-17(2)25-24(28(23)15-16)14-22-20-7-6-18-13-19(29)9-11-26(18,3)21(20)10-12-27(22,25)4/h16-25,29H,5-15H2,1-4H3/t16-,17+,18-,19-,20?,21?,22-,23+,24?,25-,26-,27-/m0/s1. The Bertz CT molecular complexity index is 663. The molecule has 2 saturated heterocycles. The third-order valence-corrected chi connectivity index (χ3v) is 12.3. The van der Waals surface area contributed by atoms with E-state index in [4.69, 9.17) is 0 Å². The SMILES string of the molecule is C[C@H]1CC[C@@H]2[C@@H](C)[C@H]3C(C[C@H]4C5CC[C@H]6C[C@@H](O)CC[C@]6(C)C5CC[C@]34C)N2C1. The molecule has 6 fully saturated rings. The fraction of sp³-hybridized carbons (Fsp3) is 1.00. The van der Waals surface area contributed by atoms with E-state index in [0.29, 0.717) is 10.8 Å². The lowest BCUT2D eigenvalue weighted by molar-refractivity contribution is -0.129. The fourth-order valence-corrected chi connectivity index (χ4v) is 11.0. The van der Waals surface area contributed by atoms with Gasteiger partial charge < -0.3 is 5.11 Å². The number of piperidine rings is 1. The summed E-state index contributed by atoms with van der Waals surface area (Å²) >= 11 is 0. The third kappa shape index (κ3) is 2.54. The molecule has 6 rings (SSSR count). The van der Waals surface area contributed by atoms with Gasteiger partial charge in [0, 0.05) is 18.6 Å². The van der Waals surface area contributed by atoms with E-state index in [1.54, 1.807) is 0 Å². The van der Waals surface area contributed by atoms with Gasteiger partial charge in [-0.2, -0.15) is 0 Å². The van der Waals surface area contributed by atoms with E-state index in [2.05, 4.69) is 32.6 Å². The van der Waals surface area contributed by atoms with Gasteiger partial charge in [0.15, 0.2) is 0 Å². The second-order valence-corrected chi connectivity index (χ2v) is 13.3. The van der Waals surface area contributed by atoms with E-state index >= 15 is 0 Å². The van der Waals surface area contributed by atoms with Crippen molar-refractivity contribution in [3.8, 4) is 0 Å². The summed E-state index contributed by atoms with van der Waals surface area (Å²) in [6.07, 6.45) is 13.7. The summed E-state index contributed by atoms with van der Waals surface area (Å²) in [6.45, 7) is 11.9. The Balaban J connectivity index is 1.30. The third-order valence-electron chi connectivity index (χ3n) is 12.3. The van der Waals surface area contributed by atoms with Gasteiger partial charge in [-0.25, -0.2) is 0 Å². The average molecular weight is 400 g/mol. The Labute approximate surface area is 179 Å². The van der Waals surface area contributed by atoms with Crippen LogP contribution in [0.3, 0.4) is 0 Å². The molecule has 2 heterocycles. The molecule has 1 N–H and O–H groups in total. The van der Waals surface area contributed by atoms with E-state index in [0.717, 1.165) is 66.4 Å². The molecule has 0 spiro atoms. The minimum Gasteiger partial charge on any atom is -0.393 e. The van der Waals surface area contributed by atoms with Gasteiger partial charge >= 0.3 is 0 Å². The molecule has 0 aromatic carbocycles. The molecule has 0 bridgehead atoms. The molecule has 29 heavy (non-hydrogen) atoms. The van der Waals surface area contributed by atoms with Crippen LogP contribution >= 0.6 is 0 Å². The van der Waals surface area contributed by atoms with Crippen molar-refractivity contribution in [3.05, 3.63) is 0 Å². The number of fused-ring (bicyclic) bond motifs is 9. The molecule has 3 unspecified atom stereocenters. The van der Waals surface area contributed by atoms with Gasteiger partial charge in [0.2, 0.25) is 0 Å². The van der Waals surface area contributed by atoms with Gasteiger partial charge in [-0.15, -0.1) is 0 Å². The van der Waals surface area contributed by atoms with Gasteiger partial charge in [0.25, 0.3) is 0 Å². The zero-order chi connectivity index (χ0) is 20.1. The average Bonchev–Trinajstić information content (AvgIpc) is 3.15. The van der Waals surface area contributed by atoms with Crippen molar-refractivity contribution in [2.24, 2.45) is 52.3 Å². The summed E-state index contributed by atoms with van der Waals surface area (Å²) in [5, 5.41) is 10.3. The van der Waals surface area contributed by atoms with E-state index in [1.807, 2.05) is 0 Å². The predicted octanol–water partition coefficient (Wildman–Crippen LogP) is 5.73. The Hall–Kier alpha value is -0.0800. The quantitative estimate of drug-likeness (QED) is 0.562. The van der Waals surface area contributed by atoms with Crippen LogP contribution in [0.4, 0.5) is 0 Å². The first-order valence-electron chi connectivity index (χ1n) is 13.3. The van der Waals surface area contributed by atoms with Crippen LogP contribution in [0.5, 0.6) is 0 Å².